The van der Waals surface area contributed by atoms with Gasteiger partial charge in [0.15, 0.2) is 5.75 Å². The molecular formula is C10H9F3INO4. The van der Waals surface area contributed by atoms with Gasteiger partial charge in [-0.05, 0) is 34.2 Å². The Morgan fingerprint density at radius 3 is 2.53 bits per heavy atom. The average Bonchev–Trinajstić information content (AvgIpc) is 2.30. The molecule has 0 unspecified atom stereocenters. The second-order valence-corrected chi connectivity index (χ2v) is 4.27. The van der Waals surface area contributed by atoms with E-state index in [1.165, 1.54) is 14.2 Å². The predicted octanol–water partition coefficient (Wildman–Crippen LogP) is 2.31. The number of nitrogens with zero attached hydrogens (tertiary/aromatic N) is 1. The standard InChI is InChI=1S/C10H9F3INO4/c1-17-7(16)4-5-3-6(19-10(11,12)13)9(18-2)15-8(5)14/h3H,4H2,1-2H3. The van der Waals surface area contributed by atoms with E-state index in [0.29, 0.717) is 3.70 Å². The van der Waals surface area contributed by atoms with Gasteiger partial charge in [0.05, 0.1) is 20.6 Å². The third-order valence-corrected chi connectivity index (χ3v) is 2.90. The molecule has 9 heteroatoms. The Morgan fingerprint density at radius 1 is 1.42 bits per heavy atom. The van der Waals surface area contributed by atoms with Crippen LogP contribution in [0.15, 0.2) is 6.07 Å². The average molecular weight is 391 g/mol. The molecule has 0 aliphatic heterocycles. The molecule has 1 aromatic rings. The number of carbonyl (C=O) groups excluding carboxylic acids is 1. The SMILES string of the molecule is COC(=O)Cc1cc(OC(F)(F)F)c(OC)nc1I. The highest BCUT2D eigenvalue weighted by Crippen LogP contribution is 2.33. The number of hydrogen-bond acceptors (Lipinski definition) is 5. The van der Waals surface area contributed by atoms with E-state index in [9.17, 15) is 18.0 Å². The third kappa shape index (κ3) is 4.73. The largest absolute Gasteiger partial charge is 0.573 e. The van der Waals surface area contributed by atoms with Crippen LogP contribution in [0.3, 0.4) is 0 Å². The zero-order valence-corrected chi connectivity index (χ0v) is 12.0. The van der Waals surface area contributed by atoms with Crippen LogP contribution in [0.1, 0.15) is 5.56 Å². The maximum absolute atomic E-state index is 12.2. The summed E-state index contributed by atoms with van der Waals surface area (Å²) in [7, 11) is 2.35. The Morgan fingerprint density at radius 2 is 2.05 bits per heavy atom. The van der Waals surface area contributed by atoms with Gasteiger partial charge in [0.1, 0.15) is 3.70 Å². The molecule has 0 bridgehead atoms. The first kappa shape index (κ1) is 15.8. The van der Waals surface area contributed by atoms with Crippen molar-refractivity contribution in [3.63, 3.8) is 0 Å². The lowest BCUT2D eigenvalue weighted by Crippen LogP contribution is -2.18. The van der Waals surface area contributed by atoms with E-state index in [4.69, 9.17) is 4.74 Å². The van der Waals surface area contributed by atoms with Crippen molar-refractivity contribution in [2.75, 3.05) is 14.2 Å². The van der Waals surface area contributed by atoms with Gasteiger partial charge in [0.2, 0.25) is 0 Å². The van der Waals surface area contributed by atoms with Crippen molar-refractivity contribution in [3.05, 3.63) is 15.3 Å². The van der Waals surface area contributed by atoms with E-state index in [1.807, 2.05) is 0 Å². The van der Waals surface area contributed by atoms with Crippen LogP contribution in [0.2, 0.25) is 0 Å². The minimum absolute atomic E-state index is 0.208. The number of hydrogen-bond donors (Lipinski definition) is 0. The van der Waals surface area contributed by atoms with Gasteiger partial charge in [-0.3, -0.25) is 4.79 Å². The molecule has 106 valence electrons. The first-order valence-electron chi connectivity index (χ1n) is 4.82. The van der Waals surface area contributed by atoms with E-state index in [-0.39, 0.29) is 17.9 Å². The van der Waals surface area contributed by atoms with Crippen molar-refractivity contribution in [2.24, 2.45) is 0 Å². The molecule has 0 saturated carbocycles. The third-order valence-electron chi connectivity index (χ3n) is 1.96. The molecule has 0 saturated heterocycles. The Kier molecular flexibility index (Phi) is 5.20. The summed E-state index contributed by atoms with van der Waals surface area (Å²) in [6, 6.07) is 1.05. The minimum Gasteiger partial charge on any atom is -0.478 e. The maximum Gasteiger partial charge on any atom is 0.573 e. The Hall–Kier alpha value is -1.26. The van der Waals surface area contributed by atoms with Crippen molar-refractivity contribution in [2.45, 2.75) is 12.8 Å². The van der Waals surface area contributed by atoms with Gasteiger partial charge >= 0.3 is 12.3 Å². The monoisotopic (exact) mass is 391 g/mol. The van der Waals surface area contributed by atoms with Gasteiger partial charge < -0.3 is 14.2 Å². The highest BCUT2D eigenvalue weighted by Gasteiger charge is 2.33. The first-order chi connectivity index (χ1) is 8.76. The number of pyridine rings is 1. The maximum atomic E-state index is 12.2. The number of carbonyl (C=O) groups is 1. The molecule has 1 heterocycles. The molecule has 0 aromatic carbocycles. The number of methoxy groups -OCH3 is 2. The highest BCUT2D eigenvalue weighted by atomic mass is 127. The lowest BCUT2D eigenvalue weighted by atomic mass is 10.2. The lowest BCUT2D eigenvalue weighted by molar-refractivity contribution is -0.275. The smallest absolute Gasteiger partial charge is 0.478 e. The van der Waals surface area contributed by atoms with Gasteiger partial charge in [-0.1, -0.05) is 0 Å². The Labute approximate surface area is 120 Å². The van der Waals surface area contributed by atoms with Gasteiger partial charge in [0, 0.05) is 0 Å². The van der Waals surface area contributed by atoms with Gasteiger partial charge in [-0.25, -0.2) is 4.98 Å². The summed E-state index contributed by atoms with van der Waals surface area (Å²) in [5.41, 5.74) is 0.257. The normalized spacial score (nSPS) is 11.1. The van der Waals surface area contributed by atoms with E-state index >= 15 is 0 Å². The summed E-state index contributed by atoms with van der Waals surface area (Å²) in [6.07, 6.45) is -5.08. The molecule has 0 aliphatic rings. The molecule has 0 aliphatic carbocycles. The zero-order chi connectivity index (χ0) is 14.6. The molecular weight excluding hydrogens is 382 g/mol. The Balaban J connectivity index is 3.14. The summed E-state index contributed by atoms with van der Waals surface area (Å²) in [6.45, 7) is 0. The topological polar surface area (TPSA) is 57.7 Å². The summed E-state index contributed by atoms with van der Waals surface area (Å²) in [5, 5.41) is 0. The van der Waals surface area contributed by atoms with Crippen LogP contribution in [-0.2, 0) is 16.0 Å². The molecule has 1 aromatic heterocycles. The quantitative estimate of drug-likeness (QED) is 0.448. The van der Waals surface area contributed by atoms with Crippen molar-refractivity contribution in [1.29, 1.82) is 0 Å². The number of aromatic nitrogens is 1. The fourth-order valence-electron chi connectivity index (χ4n) is 1.19. The number of esters is 1. The minimum atomic E-state index is -4.87. The first-order valence-corrected chi connectivity index (χ1v) is 5.90. The van der Waals surface area contributed by atoms with E-state index < -0.39 is 18.1 Å². The predicted molar refractivity (Wildman–Crippen MR) is 65.9 cm³/mol. The van der Waals surface area contributed by atoms with Crippen LogP contribution >= 0.6 is 22.6 Å². The van der Waals surface area contributed by atoms with Crippen molar-refractivity contribution in [1.82, 2.24) is 4.98 Å². The van der Waals surface area contributed by atoms with Crippen LogP contribution in [0, 0.1) is 3.70 Å². The molecule has 0 atom stereocenters. The van der Waals surface area contributed by atoms with Crippen LogP contribution in [0.4, 0.5) is 13.2 Å². The lowest BCUT2D eigenvalue weighted by Gasteiger charge is -2.13. The second-order valence-electron chi connectivity index (χ2n) is 3.25. The van der Waals surface area contributed by atoms with Crippen molar-refractivity contribution >= 4 is 28.6 Å². The van der Waals surface area contributed by atoms with E-state index in [1.54, 1.807) is 22.6 Å². The fraction of sp³-hybridized carbons (Fsp3) is 0.400. The fourth-order valence-corrected chi connectivity index (χ4v) is 1.76. The summed E-state index contributed by atoms with van der Waals surface area (Å²) < 4.78 is 49.9. The van der Waals surface area contributed by atoms with Gasteiger partial charge in [-0.15, -0.1) is 13.2 Å². The number of rotatable bonds is 4. The molecule has 0 radical (unpaired) electrons. The molecule has 5 nitrogen and oxygen atoms in total. The van der Waals surface area contributed by atoms with Crippen LogP contribution in [-0.4, -0.2) is 31.5 Å². The molecule has 19 heavy (non-hydrogen) atoms. The van der Waals surface area contributed by atoms with Gasteiger partial charge in [0.25, 0.3) is 5.88 Å². The summed E-state index contributed by atoms with van der Waals surface area (Å²) in [5.74, 6) is -1.51. The highest BCUT2D eigenvalue weighted by molar-refractivity contribution is 14.1. The second kappa shape index (κ2) is 6.26. The van der Waals surface area contributed by atoms with Crippen LogP contribution in [0.5, 0.6) is 11.6 Å². The zero-order valence-electron chi connectivity index (χ0n) is 9.88. The summed E-state index contributed by atoms with van der Waals surface area (Å²) in [4.78, 5) is 14.9. The van der Waals surface area contributed by atoms with Crippen LogP contribution in [0.25, 0.3) is 0 Å². The van der Waals surface area contributed by atoms with Crippen molar-refractivity contribution in [3.8, 4) is 11.6 Å². The molecule has 0 amide bonds. The van der Waals surface area contributed by atoms with Crippen molar-refractivity contribution < 1.29 is 32.2 Å². The van der Waals surface area contributed by atoms with Gasteiger partial charge in [-0.2, -0.15) is 0 Å². The molecule has 0 fully saturated rings. The summed E-state index contributed by atoms with van der Waals surface area (Å²) >= 11 is 1.78. The number of ether oxygens (including phenoxy) is 3. The molecule has 0 spiro atoms. The number of halogens is 4. The number of alkyl halides is 3. The van der Waals surface area contributed by atoms with E-state index in [2.05, 4.69) is 14.5 Å². The van der Waals surface area contributed by atoms with Crippen LogP contribution < -0.4 is 9.47 Å². The molecule has 1 rings (SSSR count). The Bertz CT molecular complexity index is 479. The van der Waals surface area contributed by atoms with E-state index in [0.717, 1.165) is 6.07 Å². The molecule has 0 N–H and O–H groups in total.